The monoisotopic (exact) mass is 329 g/mol. The van der Waals surface area contributed by atoms with Crippen molar-refractivity contribution in [1.29, 1.82) is 0 Å². The first-order valence-corrected chi connectivity index (χ1v) is 7.80. The molecule has 0 aliphatic carbocycles. The number of nitrogens with one attached hydrogen (secondary N) is 1. The van der Waals surface area contributed by atoms with E-state index in [0.717, 1.165) is 11.3 Å². The molecular formula is C19H23NO4. The Balaban J connectivity index is 2.09. The van der Waals surface area contributed by atoms with Crippen molar-refractivity contribution in [3.63, 3.8) is 0 Å². The van der Waals surface area contributed by atoms with E-state index in [1.54, 1.807) is 32.4 Å². The predicted octanol–water partition coefficient (Wildman–Crippen LogP) is 3.42. The van der Waals surface area contributed by atoms with E-state index in [9.17, 15) is 4.79 Å². The molecule has 0 aromatic heterocycles. The van der Waals surface area contributed by atoms with Gasteiger partial charge in [0.2, 0.25) is 0 Å². The van der Waals surface area contributed by atoms with Crippen molar-refractivity contribution in [1.82, 2.24) is 5.32 Å². The van der Waals surface area contributed by atoms with Crippen LogP contribution in [0.5, 0.6) is 17.2 Å². The number of hydrogen-bond donors (Lipinski definition) is 1. The molecule has 5 nitrogen and oxygen atoms in total. The summed E-state index contributed by atoms with van der Waals surface area (Å²) in [6.07, 6.45) is 0.0316. The lowest BCUT2D eigenvalue weighted by Gasteiger charge is -2.14. The summed E-state index contributed by atoms with van der Waals surface area (Å²) in [6, 6.07) is 12.7. The third-order valence-corrected chi connectivity index (χ3v) is 3.42. The minimum absolute atomic E-state index is 0.0316. The van der Waals surface area contributed by atoms with Crippen LogP contribution in [0.25, 0.3) is 0 Å². The topological polar surface area (TPSA) is 56.8 Å². The normalized spacial score (nSPS) is 10.4. The Bertz CT molecular complexity index is 698. The van der Waals surface area contributed by atoms with Gasteiger partial charge in [-0.05, 0) is 38.1 Å². The first-order valence-electron chi connectivity index (χ1n) is 7.80. The summed E-state index contributed by atoms with van der Waals surface area (Å²) in [5.74, 6) is 1.72. The van der Waals surface area contributed by atoms with Crippen molar-refractivity contribution < 1.29 is 19.0 Å². The van der Waals surface area contributed by atoms with Crippen LogP contribution in [0.2, 0.25) is 0 Å². The average Bonchev–Trinajstić information content (AvgIpc) is 2.59. The molecule has 0 radical (unpaired) electrons. The molecule has 0 atom stereocenters. The standard InChI is InChI=1S/C19H23NO4/c1-13(2)24-17-10-9-14(11-18(17)23-4)19(21)20-12-15-7-5-6-8-16(15)22-3/h5-11,13H,12H2,1-4H3,(H,20,21). The SMILES string of the molecule is COc1ccccc1CNC(=O)c1ccc(OC(C)C)c(OC)c1. The highest BCUT2D eigenvalue weighted by Crippen LogP contribution is 2.29. The van der Waals surface area contributed by atoms with Gasteiger partial charge < -0.3 is 19.5 Å². The molecule has 128 valence electrons. The fourth-order valence-electron chi connectivity index (χ4n) is 2.29. The van der Waals surface area contributed by atoms with Crippen LogP contribution in [-0.2, 0) is 6.54 Å². The van der Waals surface area contributed by atoms with Gasteiger partial charge >= 0.3 is 0 Å². The van der Waals surface area contributed by atoms with Gasteiger partial charge in [0.1, 0.15) is 5.75 Å². The number of carbonyl (C=O) groups is 1. The Morgan fingerprint density at radius 3 is 2.38 bits per heavy atom. The molecule has 24 heavy (non-hydrogen) atoms. The molecule has 2 rings (SSSR count). The van der Waals surface area contributed by atoms with Gasteiger partial charge in [0, 0.05) is 17.7 Å². The summed E-state index contributed by atoms with van der Waals surface area (Å²) in [7, 11) is 3.16. The molecule has 0 saturated carbocycles. The molecule has 1 N–H and O–H groups in total. The molecule has 0 bridgehead atoms. The van der Waals surface area contributed by atoms with Gasteiger partial charge in [-0.2, -0.15) is 0 Å². The number of rotatable bonds is 7. The van der Waals surface area contributed by atoms with Crippen molar-refractivity contribution in [2.75, 3.05) is 14.2 Å². The number of benzene rings is 2. The van der Waals surface area contributed by atoms with Crippen LogP contribution in [0.3, 0.4) is 0 Å². The molecular weight excluding hydrogens is 306 g/mol. The number of para-hydroxylation sites is 1. The highest BCUT2D eigenvalue weighted by molar-refractivity contribution is 5.94. The summed E-state index contributed by atoms with van der Waals surface area (Å²) < 4.78 is 16.3. The maximum absolute atomic E-state index is 12.4. The van der Waals surface area contributed by atoms with E-state index in [-0.39, 0.29) is 12.0 Å². The second kappa shape index (κ2) is 8.24. The van der Waals surface area contributed by atoms with E-state index in [1.165, 1.54) is 0 Å². The van der Waals surface area contributed by atoms with Crippen LogP contribution in [0.4, 0.5) is 0 Å². The predicted molar refractivity (Wildman–Crippen MR) is 92.9 cm³/mol. The second-order valence-electron chi connectivity index (χ2n) is 5.53. The van der Waals surface area contributed by atoms with Crippen LogP contribution < -0.4 is 19.5 Å². The number of carbonyl (C=O) groups excluding carboxylic acids is 1. The summed E-state index contributed by atoms with van der Waals surface area (Å²) >= 11 is 0. The Kier molecular flexibility index (Phi) is 6.07. The van der Waals surface area contributed by atoms with Crippen LogP contribution in [0, 0.1) is 0 Å². The van der Waals surface area contributed by atoms with Gasteiger partial charge in [-0.1, -0.05) is 18.2 Å². The maximum atomic E-state index is 12.4. The molecule has 0 saturated heterocycles. The molecule has 2 aromatic rings. The minimum Gasteiger partial charge on any atom is -0.496 e. The Morgan fingerprint density at radius 1 is 1.00 bits per heavy atom. The lowest BCUT2D eigenvalue weighted by Crippen LogP contribution is -2.23. The van der Waals surface area contributed by atoms with Crippen LogP contribution >= 0.6 is 0 Å². The smallest absolute Gasteiger partial charge is 0.251 e. The van der Waals surface area contributed by atoms with E-state index in [1.807, 2.05) is 38.1 Å². The van der Waals surface area contributed by atoms with E-state index in [0.29, 0.717) is 23.6 Å². The van der Waals surface area contributed by atoms with E-state index in [4.69, 9.17) is 14.2 Å². The van der Waals surface area contributed by atoms with Crippen molar-refractivity contribution >= 4 is 5.91 Å². The zero-order valence-electron chi connectivity index (χ0n) is 14.5. The van der Waals surface area contributed by atoms with Gasteiger partial charge in [-0.25, -0.2) is 0 Å². The Hall–Kier alpha value is -2.69. The van der Waals surface area contributed by atoms with E-state index >= 15 is 0 Å². The first-order chi connectivity index (χ1) is 11.5. The van der Waals surface area contributed by atoms with Gasteiger partial charge in [0.25, 0.3) is 5.91 Å². The van der Waals surface area contributed by atoms with E-state index < -0.39 is 0 Å². The maximum Gasteiger partial charge on any atom is 0.251 e. The molecule has 0 heterocycles. The van der Waals surface area contributed by atoms with Gasteiger partial charge in [0.05, 0.1) is 20.3 Å². The summed E-state index contributed by atoms with van der Waals surface area (Å²) in [4.78, 5) is 12.4. The fraction of sp³-hybridized carbons (Fsp3) is 0.316. The minimum atomic E-state index is -0.185. The lowest BCUT2D eigenvalue weighted by atomic mass is 10.1. The Morgan fingerprint density at radius 2 is 1.71 bits per heavy atom. The molecule has 0 unspecified atom stereocenters. The lowest BCUT2D eigenvalue weighted by molar-refractivity contribution is 0.0950. The Labute approximate surface area is 142 Å². The summed E-state index contributed by atoms with van der Waals surface area (Å²) in [5, 5.41) is 2.89. The van der Waals surface area contributed by atoms with Gasteiger partial charge in [0.15, 0.2) is 11.5 Å². The largest absolute Gasteiger partial charge is 0.496 e. The van der Waals surface area contributed by atoms with Crippen molar-refractivity contribution in [3.05, 3.63) is 53.6 Å². The fourth-order valence-corrected chi connectivity index (χ4v) is 2.29. The quantitative estimate of drug-likeness (QED) is 0.845. The van der Waals surface area contributed by atoms with Crippen LogP contribution in [0.15, 0.2) is 42.5 Å². The number of methoxy groups -OCH3 is 2. The second-order valence-corrected chi connectivity index (χ2v) is 5.53. The van der Waals surface area contributed by atoms with Crippen LogP contribution in [0.1, 0.15) is 29.8 Å². The zero-order chi connectivity index (χ0) is 17.5. The molecule has 5 heteroatoms. The van der Waals surface area contributed by atoms with E-state index in [2.05, 4.69) is 5.32 Å². The molecule has 2 aromatic carbocycles. The molecule has 0 aliphatic heterocycles. The van der Waals surface area contributed by atoms with Crippen molar-refractivity contribution in [2.24, 2.45) is 0 Å². The third-order valence-electron chi connectivity index (χ3n) is 3.42. The van der Waals surface area contributed by atoms with Crippen molar-refractivity contribution in [2.45, 2.75) is 26.5 Å². The van der Waals surface area contributed by atoms with Gasteiger partial charge in [-0.3, -0.25) is 4.79 Å². The highest BCUT2D eigenvalue weighted by atomic mass is 16.5. The number of ether oxygens (including phenoxy) is 3. The summed E-state index contributed by atoms with van der Waals surface area (Å²) in [5.41, 5.74) is 1.43. The number of hydrogen-bond acceptors (Lipinski definition) is 4. The molecule has 0 aliphatic rings. The zero-order valence-corrected chi connectivity index (χ0v) is 14.5. The number of amides is 1. The first kappa shape index (κ1) is 17.7. The molecule has 0 spiro atoms. The average molecular weight is 329 g/mol. The van der Waals surface area contributed by atoms with Crippen molar-refractivity contribution in [3.8, 4) is 17.2 Å². The molecule has 0 fully saturated rings. The third kappa shape index (κ3) is 4.41. The summed E-state index contributed by atoms with van der Waals surface area (Å²) in [6.45, 7) is 4.26. The van der Waals surface area contributed by atoms with Gasteiger partial charge in [-0.15, -0.1) is 0 Å². The highest BCUT2D eigenvalue weighted by Gasteiger charge is 2.12. The molecule has 1 amide bonds. The van der Waals surface area contributed by atoms with Crippen LogP contribution in [-0.4, -0.2) is 26.2 Å².